The van der Waals surface area contributed by atoms with Crippen molar-refractivity contribution in [1.29, 1.82) is 0 Å². The second kappa shape index (κ2) is 6.30. The Balaban J connectivity index is 2.85. The largest absolute Gasteiger partial charge is 0.322 e. The smallest absolute Gasteiger partial charge is 0.225 e. The molecule has 17 heavy (non-hydrogen) atoms. The van der Waals surface area contributed by atoms with E-state index in [1.807, 2.05) is 0 Å². The number of carbonyl (C=O) groups excluding carboxylic acids is 1. The van der Waals surface area contributed by atoms with Crippen molar-refractivity contribution in [2.45, 2.75) is 6.42 Å². The number of amides is 1. The van der Waals surface area contributed by atoms with E-state index in [9.17, 15) is 4.79 Å². The SMILES string of the molecule is C=C=CC(=C)n1cc(NC(=O)CCCl)c(Cl)n1. The second-order valence-electron chi connectivity index (χ2n) is 3.11. The van der Waals surface area contributed by atoms with E-state index in [0.717, 1.165) is 0 Å². The summed E-state index contributed by atoms with van der Waals surface area (Å²) in [6, 6.07) is 0. The number of anilines is 1. The summed E-state index contributed by atoms with van der Waals surface area (Å²) in [7, 11) is 0. The number of hydrogen-bond acceptors (Lipinski definition) is 2. The average molecular weight is 272 g/mol. The van der Waals surface area contributed by atoms with E-state index in [2.05, 4.69) is 29.3 Å². The van der Waals surface area contributed by atoms with E-state index < -0.39 is 0 Å². The lowest BCUT2D eigenvalue weighted by molar-refractivity contribution is -0.115. The summed E-state index contributed by atoms with van der Waals surface area (Å²) in [6.07, 6.45) is 3.33. The molecule has 6 heteroatoms. The molecule has 0 atom stereocenters. The fourth-order valence-corrected chi connectivity index (χ4v) is 1.42. The van der Waals surface area contributed by atoms with Crippen molar-refractivity contribution in [1.82, 2.24) is 9.78 Å². The van der Waals surface area contributed by atoms with E-state index in [1.165, 1.54) is 4.68 Å². The van der Waals surface area contributed by atoms with E-state index in [1.54, 1.807) is 12.3 Å². The second-order valence-corrected chi connectivity index (χ2v) is 3.84. The van der Waals surface area contributed by atoms with Gasteiger partial charge in [0, 0.05) is 18.4 Å². The first kappa shape index (κ1) is 13.6. The molecule has 90 valence electrons. The summed E-state index contributed by atoms with van der Waals surface area (Å²) in [5.74, 6) is 0.0371. The van der Waals surface area contributed by atoms with Crippen molar-refractivity contribution >= 4 is 40.5 Å². The predicted molar refractivity (Wildman–Crippen MR) is 70.2 cm³/mol. The van der Waals surface area contributed by atoms with E-state index in [0.29, 0.717) is 11.4 Å². The molecule has 0 aliphatic carbocycles. The highest BCUT2D eigenvalue weighted by Crippen LogP contribution is 2.21. The zero-order chi connectivity index (χ0) is 12.8. The number of hydrogen-bond donors (Lipinski definition) is 1. The Bertz CT molecular complexity index is 487. The zero-order valence-corrected chi connectivity index (χ0v) is 10.6. The van der Waals surface area contributed by atoms with Crippen LogP contribution in [-0.4, -0.2) is 21.6 Å². The van der Waals surface area contributed by atoms with Crippen LogP contribution in [0, 0.1) is 0 Å². The lowest BCUT2D eigenvalue weighted by atomic mass is 10.4. The van der Waals surface area contributed by atoms with Crippen LogP contribution in [0.5, 0.6) is 0 Å². The van der Waals surface area contributed by atoms with Gasteiger partial charge in [-0.05, 0) is 0 Å². The molecule has 1 rings (SSSR count). The highest BCUT2D eigenvalue weighted by molar-refractivity contribution is 6.32. The minimum absolute atomic E-state index is 0.187. The van der Waals surface area contributed by atoms with Crippen molar-refractivity contribution < 1.29 is 4.79 Å². The number of nitrogens with one attached hydrogen (secondary N) is 1. The van der Waals surface area contributed by atoms with Gasteiger partial charge in [0.25, 0.3) is 0 Å². The first-order valence-electron chi connectivity index (χ1n) is 4.74. The number of allylic oxidation sites excluding steroid dienone is 2. The molecule has 1 N–H and O–H groups in total. The minimum Gasteiger partial charge on any atom is -0.322 e. The molecule has 1 aromatic heterocycles. The van der Waals surface area contributed by atoms with Crippen LogP contribution < -0.4 is 5.32 Å². The van der Waals surface area contributed by atoms with Crippen LogP contribution in [0.3, 0.4) is 0 Å². The van der Waals surface area contributed by atoms with Crippen molar-refractivity contribution in [2.24, 2.45) is 0 Å². The Hall–Kier alpha value is -1.48. The van der Waals surface area contributed by atoms with Gasteiger partial charge in [-0.2, -0.15) is 5.10 Å². The molecule has 4 nitrogen and oxygen atoms in total. The van der Waals surface area contributed by atoms with Gasteiger partial charge in [0.1, 0.15) is 0 Å². The minimum atomic E-state index is -0.216. The maximum absolute atomic E-state index is 11.3. The van der Waals surface area contributed by atoms with Gasteiger partial charge in [-0.1, -0.05) is 24.8 Å². The third kappa shape index (κ3) is 3.79. The lowest BCUT2D eigenvalue weighted by Gasteiger charge is -1.99. The number of nitrogens with zero attached hydrogens (tertiary/aromatic N) is 2. The monoisotopic (exact) mass is 271 g/mol. The van der Waals surface area contributed by atoms with Gasteiger partial charge < -0.3 is 5.32 Å². The molecular weight excluding hydrogens is 261 g/mol. The van der Waals surface area contributed by atoms with Crippen LogP contribution >= 0.6 is 23.2 Å². The third-order valence-electron chi connectivity index (χ3n) is 1.83. The summed E-state index contributed by atoms with van der Waals surface area (Å²) in [5.41, 5.74) is 3.53. The zero-order valence-electron chi connectivity index (χ0n) is 9.04. The Morgan fingerprint density at radius 1 is 1.71 bits per heavy atom. The maximum atomic E-state index is 11.3. The normalized spacial score (nSPS) is 9.53. The van der Waals surface area contributed by atoms with Crippen molar-refractivity contribution in [3.63, 3.8) is 0 Å². The van der Waals surface area contributed by atoms with Crippen LogP contribution in [-0.2, 0) is 4.79 Å². The van der Waals surface area contributed by atoms with Crippen LogP contribution in [0.1, 0.15) is 6.42 Å². The van der Waals surface area contributed by atoms with Gasteiger partial charge >= 0.3 is 0 Å². The molecule has 0 aliphatic rings. The average Bonchev–Trinajstić information content (AvgIpc) is 2.61. The van der Waals surface area contributed by atoms with Gasteiger partial charge in [0.05, 0.1) is 17.6 Å². The van der Waals surface area contributed by atoms with Crippen LogP contribution in [0.25, 0.3) is 5.70 Å². The first-order valence-corrected chi connectivity index (χ1v) is 5.65. The van der Waals surface area contributed by atoms with Gasteiger partial charge in [0.15, 0.2) is 5.15 Å². The number of rotatable bonds is 5. The van der Waals surface area contributed by atoms with Crippen LogP contribution in [0.15, 0.2) is 31.2 Å². The number of halogens is 2. The number of aromatic nitrogens is 2. The highest BCUT2D eigenvalue weighted by atomic mass is 35.5. The molecule has 0 radical (unpaired) electrons. The molecule has 0 spiro atoms. The third-order valence-corrected chi connectivity index (χ3v) is 2.30. The fraction of sp³-hybridized carbons (Fsp3) is 0.182. The Morgan fingerprint density at radius 2 is 2.41 bits per heavy atom. The van der Waals surface area contributed by atoms with Crippen molar-refractivity contribution in [3.8, 4) is 0 Å². The Morgan fingerprint density at radius 3 is 3.00 bits per heavy atom. The molecular formula is C11H11Cl2N3O. The van der Waals surface area contributed by atoms with E-state index in [-0.39, 0.29) is 23.4 Å². The van der Waals surface area contributed by atoms with Gasteiger partial charge in [-0.3, -0.25) is 4.79 Å². The van der Waals surface area contributed by atoms with Crippen LogP contribution in [0.4, 0.5) is 5.69 Å². The molecule has 1 amide bonds. The molecule has 0 saturated heterocycles. The molecule has 0 saturated carbocycles. The summed E-state index contributed by atoms with van der Waals surface area (Å²) < 4.78 is 1.43. The summed E-state index contributed by atoms with van der Waals surface area (Å²) in [5, 5.41) is 6.76. The summed E-state index contributed by atoms with van der Waals surface area (Å²) in [4.78, 5) is 11.3. The molecule has 0 aliphatic heterocycles. The standard InChI is InChI=1S/C11H11Cl2N3O/c1-3-4-8(2)16-7-9(11(13)15-16)14-10(17)5-6-12/h4,7H,1-2,5-6H2,(H,14,17). The Kier molecular flexibility index (Phi) is 5.04. The molecule has 0 aromatic carbocycles. The van der Waals surface area contributed by atoms with E-state index >= 15 is 0 Å². The van der Waals surface area contributed by atoms with E-state index in [4.69, 9.17) is 23.2 Å². The maximum Gasteiger partial charge on any atom is 0.225 e. The number of alkyl halides is 1. The number of carbonyl (C=O) groups is 1. The molecule has 0 bridgehead atoms. The lowest BCUT2D eigenvalue weighted by Crippen LogP contribution is -2.11. The summed E-state index contributed by atoms with van der Waals surface area (Å²) >= 11 is 11.3. The van der Waals surface area contributed by atoms with Gasteiger partial charge in [0.2, 0.25) is 5.91 Å². The quantitative estimate of drug-likeness (QED) is 0.509. The molecule has 1 heterocycles. The molecule has 0 unspecified atom stereocenters. The predicted octanol–water partition coefficient (Wildman–Crippen LogP) is 2.92. The van der Waals surface area contributed by atoms with Crippen molar-refractivity contribution in [2.75, 3.05) is 11.2 Å². The summed E-state index contributed by atoms with van der Waals surface area (Å²) in [6.45, 7) is 7.16. The van der Waals surface area contributed by atoms with Gasteiger partial charge in [-0.15, -0.1) is 17.3 Å². The van der Waals surface area contributed by atoms with Crippen molar-refractivity contribution in [3.05, 3.63) is 36.3 Å². The molecule has 1 aromatic rings. The van der Waals surface area contributed by atoms with Crippen LogP contribution in [0.2, 0.25) is 5.15 Å². The fourth-order valence-electron chi connectivity index (χ4n) is 1.07. The topological polar surface area (TPSA) is 46.9 Å². The Labute approximate surface area is 109 Å². The van der Waals surface area contributed by atoms with Gasteiger partial charge in [-0.25, -0.2) is 4.68 Å². The first-order chi connectivity index (χ1) is 8.08. The molecule has 0 fully saturated rings. The highest BCUT2D eigenvalue weighted by Gasteiger charge is 2.10.